The molecule has 0 bridgehead atoms. The van der Waals surface area contributed by atoms with Gasteiger partial charge < -0.3 is 4.74 Å². The van der Waals surface area contributed by atoms with Crippen molar-refractivity contribution in [3.05, 3.63) is 35.9 Å². The summed E-state index contributed by atoms with van der Waals surface area (Å²) in [4.78, 5) is 13.0. The van der Waals surface area contributed by atoms with Gasteiger partial charge in [0.05, 0.1) is 18.9 Å². The van der Waals surface area contributed by atoms with Crippen LogP contribution < -0.4 is 4.90 Å². The average molecular weight is 214 g/mol. The van der Waals surface area contributed by atoms with Crippen LogP contribution in [0.3, 0.4) is 0 Å². The fraction of sp³-hybridized carbons (Fsp3) is 0.167. The molecule has 1 amide bonds. The Morgan fingerprint density at radius 3 is 2.94 bits per heavy atom. The minimum absolute atomic E-state index is 0.525. The molecule has 0 aliphatic carbocycles. The summed E-state index contributed by atoms with van der Waals surface area (Å²) in [6.07, 6.45) is 2.99. The molecular formula is C12H10N2O2. The van der Waals surface area contributed by atoms with Crippen molar-refractivity contribution < 1.29 is 9.53 Å². The van der Waals surface area contributed by atoms with Crippen LogP contribution in [0.4, 0.5) is 10.5 Å². The Bertz CT molecular complexity index is 488. The van der Waals surface area contributed by atoms with Crippen LogP contribution in [0.5, 0.6) is 0 Å². The Hall–Kier alpha value is -2.28. The molecule has 4 nitrogen and oxygen atoms in total. The number of amides is 1. The molecule has 0 radical (unpaired) electrons. The minimum atomic E-state index is -0.609. The van der Waals surface area contributed by atoms with E-state index in [1.165, 1.54) is 12.0 Å². The van der Waals surface area contributed by atoms with E-state index >= 15 is 0 Å². The van der Waals surface area contributed by atoms with Crippen LogP contribution in [-0.2, 0) is 4.74 Å². The lowest BCUT2D eigenvalue weighted by atomic mass is 10.0. The summed E-state index contributed by atoms with van der Waals surface area (Å²) in [7, 11) is 1.30. The molecule has 0 N–H and O–H groups in total. The fourth-order valence-corrected chi connectivity index (χ4v) is 1.69. The molecule has 0 aromatic heterocycles. The number of ether oxygens (including phenoxy) is 1. The van der Waals surface area contributed by atoms with Gasteiger partial charge in [-0.05, 0) is 17.7 Å². The van der Waals surface area contributed by atoms with Crippen LogP contribution in [-0.4, -0.2) is 19.2 Å². The maximum absolute atomic E-state index is 11.6. The van der Waals surface area contributed by atoms with E-state index in [0.717, 1.165) is 5.56 Å². The van der Waals surface area contributed by atoms with Crippen molar-refractivity contribution in [1.29, 1.82) is 5.26 Å². The number of hydrogen-bond donors (Lipinski definition) is 0. The van der Waals surface area contributed by atoms with E-state index in [2.05, 4.69) is 4.74 Å². The standard InChI is InChI=1S/C12H10N2O2/c1-16-12(15)14-10(8-13)7-6-9-4-2-3-5-11(9)14/h2-7,10H,1H3/t10-/m0/s1. The van der Waals surface area contributed by atoms with Gasteiger partial charge in [-0.1, -0.05) is 24.3 Å². The molecule has 2 rings (SSSR count). The van der Waals surface area contributed by atoms with Gasteiger partial charge in [-0.3, -0.25) is 4.90 Å². The van der Waals surface area contributed by atoms with Crippen LogP contribution >= 0.6 is 0 Å². The van der Waals surface area contributed by atoms with Crippen molar-refractivity contribution in [2.75, 3.05) is 12.0 Å². The molecule has 0 saturated carbocycles. The van der Waals surface area contributed by atoms with Gasteiger partial charge in [0.1, 0.15) is 6.04 Å². The Labute approximate surface area is 93.4 Å². The van der Waals surface area contributed by atoms with E-state index in [1.807, 2.05) is 30.3 Å². The second kappa shape index (κ2) is 4.07. The van der Waals surface area contributed by atoms with Crippen molar-refractivity contribution in [2.45, 2.75) is 6.04 Å². The summed E-state index contributed by atoms with van der Waals surface area (Å²) >= 11 is 0. The number of rotatable bonds is 0. The summed E-state index contributed by atoms with van der Waals surface area (Å²) in [5.41, 5.74) is 1.60. The minimum Gasteiger partial charge on any atom is -0.452 e. The lowest BCUT2D eigenvalue weighted by Crippen LogP contribution is -2.40. The smallest absolute Gasteiger partial charge is 0.415 e. The SMILES string of the molecule is COC(=O)N1c2ccccc2C=C[C@H]1C#N. The normalized spacial score (nSPS) is 17.5. The third kappa shape index (κ3) is 1.52. The van der Waals surface area contributed by atoms with Crippen molar-refractivity contribution in [3.8, 4) is 6.07 Å². The molecule has 80 valence electrons. The molecule has 0 saturated heterocycles. The Morgan fingerprint density at radius 2 is 2.25 bits per heavy atom. The Morgan fingerprint density at radius 1 is 1.50 bits per heavy atom. The van der Waals surface area contributed by atoms with Crippen molar-refractivity contribution in [1.82, 2.24) is 0 Å². The maximum Gasteiger partial charge on any atom is 0.415 e. The molecule has 0 unspecified atom stereocenters. The number of anilines is 1. The van der Waals surface area contributed by atoms with Gasteiger partial charge in [0.2, 0.25) is 0 Å². The zero-order chi connectivity index (χ0) is 11.5. The molecular weight excluding hydrogens is 204 g/mol. The summed E-state index contributed by atoms with van der Waals surface area (Å²) in [5, 5.41) is 8.98. The highest BCUT2D eigenvalue weighted by Gasteiger charge is 2.28. The second-order valence-electron chi connectivity index (χ2n) is 3.33. The van der Waals surface area contributed by atoms with Crippen molar-refractivity contribution in [2.24, 2.45) is 0 Å². The zero-order valence-corrected chi connectivity index (χ0v) is 8.75. The van der Waals surface area contributed by atoms with Crippen molar-refractivity contribution in [3.63, 3.8) is 0 Å². The van der Waals surface area contributed by atoms with Gasteiger partial charge in [-0.2, -0.15) is 5.26 Å². The monoisotopic (exact) mass is 214 g/mol. The highest BCUT2D eigenvalue weighted by atomic mass is 16.5. The first-order chi connectivity index (χ1) is 7.77. The van der Waals surface area contributed by atoms with Gasteiger partial charge >= 0.3 is 6.09 Å². The van der Waals surface area contributed by atoms with Crippen LogP contribution in [0, 0.1) is 11.3 Å². The quantitative estimate of drug-likeness (QED) is 0.665. The predicted octanol–water partition coefficient (Wildman–Crippen LogP) is 2.18. The van der Waals surface area contributed by atoms with Gasteiger partial charge in [0, 0.05) is 0 Å². The molecule has 0 fully saturated rings. The van der Waals surface area contributed by atoms with Crippen LogP contribution in [0.15, 0.2) is 30.3 Å². The molecule has 0 spiro atoms. The summed E-state index contributed by atoms with van der Waals surface area (Å²) in [6.45, 7) is 0. The average Bonchev–Trinajstić information content (AvgIpc) is 2.36. The third-order valence-electron chi connectivity index (χ3n) is 2.44. The van der Waals surface area contributed by atoms with Gasteiger partial charge in [-0.15, -0.1) is 0 Å². The van der Waals surface area contributed by atoms with Crippen LogP contribution in [0.1, 0.15) is 5.56 Å². The van der Waals surface area contributed by atoms with E-state index in [9.17, 15) is 4.79 Å². The molecule has 1 atom stereocenters. The topological polar surface area (TPSA) is 53.3 Å². The zero-order valence-electron chi connectivity index (χ0n) is 8.75. The van der Waals surface area contributed by atoms with E-state index in [1.54, 1.807) is 12.1 Å². The van der Waals surface area contributed by atoms with Gasteiger partial charge in [0.25, 0.3) is 0 Å². The third-order valence-corrected chi connectivity index (χ3v) is 2.44. The first-order valence-corrected chi connectivity index (χ1v) is 4.82. The largest absolute Gasteiger partial charge is 0.452 e. The van der Waals surface area contributed by atoms with E-state index in [0.29, 0.717) is 5.69 Å². The maximum atomic E-state index is 11.6. The lowest BCUT2D eigenvalue weighted by Gasteiger charge is -2.28. The van der Waals surface area contributed by atoms with Crippen molar-refractivity contribution >= 4 is 17.9 Å². The lowest BCUT2D eigenvalue weighted by molar-refractivity contribution is 0.178. The second-order valence-corrected chi connectivity index (χ2v) is 3.33. The van der Waals surface area contributed by atoms with E-state index < -0.39 is 12.1 Å². The molecule has 16 heavy (non-hydrogen) atoms. The number of hydrogen-bond acceptors (Lipinski definition) is 3. The van der Waals surface area contributed by atoms with Crippen LogP contribution in [0.25, 0.3) is 6.08 Å². The number of carbonyl (C=O) groups excluding carboxylic acids is 1. The first-order valence-electron chi connectivity index (χ1n) is 4.82. The molecule has 1 aliphatic rings. The molecule has 1 aliphatic heterocycles. The number of nitriles is 1. The number of para-hydroxylation sites is 1. The molecule has 1 aromatic rings. The summed E-state index contributed by atoms with van der Waals surface area (Å²) < 4.78 is 4.68. The highest BCUT2D eigenvalue weighted by Crippen LogP contribution is 2.28. The van der Waals surface area contributed by atoms with Gasteiger partial charge in [0.15, 0.2) is 0 Å². The highest BCUT2D eigenvalue weighted by molar-refractivity contribution is 5.94. The number of fused-ring (bicyclic) bond motifs is 1. The molecule has 1 heterocycles. The predicted molar refractivity (Wildman–Crippen MR) is 59.8 cm³/mol. The fourth-order valence-electron chi connectivity index (χ4n) is 1.69. The number of carbonyl (C=O) groups is 1. The van der Waals surface area contributed by atoms with E-state index in [4.69, 9.17) is 5.26 Å². The number of methoxy groups -OCH3 is 1. The van der Waals surface area contributed by atoms with E-state index in [-0.39, 0.29) is 0 Å². The number of nitrogens with zero attached hydrogens (tertiary/aromatic N) is 2. The van der Waals surface area contributed by atoms with Gasteiger partial charge in [-0.25, -0.2) is 4.79 Å². The number of benzene rings is 1. The van der Waals surface area contributed by atoms with Crippen LogP contribution in [0.2, 0.25) is 0 Å². The molecule has 4 heteroatoms. The Balaban J connectivity index is 2.51. The molecule has 1 aromatic carbocycles. The summed E-state index contributed by atoms with van der Waals surface area (Å²) in [5.74, 6) is 0. The summed E-state index contributed by atoms with van der Waals surface area (Å²) in [6, 6.07) is 8.82. The first kappa shape index (κ1) is 10.2. The Kier molecular flexibility index (Phi) is 2.61.